The lowest BCUT2D eigenvalue weighted by atomic mass is 10.0. The van der Waals surface area contributed by atoms with Gasteiger partial charge in [0.25, 0.3) is 11.8 Å². The van der Waals surface area contributed by atoms with Crippen molar-refractivity contribution in [2.45, 2.75) is 0 Å². The highest BCUT2D eigenvalue weighted by atomic mass is 16.5. The Labute approximate surface area is 198 Å². The van der Waals surface area contributed by atoms with Crippen molar-refractivity contribution in [3.63, 3.8) is 0 Å². The van der Waals surface area contributed by atoms with Gasteiger partial charge in [-0.15, -0.1) is 0 Å². The van der Waals surface area contributed by atoms with E-state index in [0.717, 1.165) is 13.1 Å². The summed E-state index contributed by atoms with van der Waals surface area (Å²) >= 11 is 0. The normalized spacial score (nSPS) is 16.7. The molecule has 0 saturated carbocycles. The number of imide groups is 1. The maximum absolute atomic E-state index is 13.6. The van der Waals surface area contributed by atoms with Gasteiger partial charge in [0.2, 0.25) is 0 Å². The van der Waals surface area contributed by atoms with Crippen LogP contribution in [0.3, 0.4) is 0 Å². The lowest BCUT2D eigenvalue weighted by Crippen LogP contribution is -2.43. The Bertz CT molecular complexity index is 1090. The van der Waals surface area contributed by atoms with Crippen molar-refractivity contribution in [3.8, 4) is 17.2 Å². The second-order valence-corrected chi connectivity index (χ2v) is 7.86. The smallest absolute Gasteiger partial charge is 0.278 e. The number of hydrogen-bond donors (Lipinski definition) is 1. The summed E-state index contributed by atoms with van der Waals surface area (Å²) in [6, 6.07) is 12.4. The van der Waals surface area contributed by atoms with Crippen LogP contribution >= 0.6 is 0 Å². The number of para-hydroxylation sites is 1. The quantitative estimate of drug-likeness (QED) is 0.562. The Morgan fingerprint density at radius 1 is 0.882 bits per heavy atom. The second-order valence-electron chi connectivity index (χ2n) is 7.86. The highest BCUT2D eigenvalue weighted by Crippen LogP contribution is 2.37. The second kappa shape index (κ2) is 10.6. The molecule has 0 radical (unpaired) electrons. The van der Waals surface area contributed by atoms with Crippen LogP contribution in [0, 0.1) is 0 Å². The number of nitrogens with zero attached hydrogens (tertiary/aromatic N) is 2. The summed E-state index contributed by atoms with van der Waals surface area (Å²) < 4.78 is 21.7. The number of hydrogen-bond acceptors (Lipinski definition) is 8. The van der Waals surface area contributed by atoms with Crippen LogP contribution in [0.5, 0.6) is 17.2 Å². The molecule has 1 N–H and O–H groups in total. The molecule has 1 saturated heterocycles. The average Bonchev–Trinajstić information content (AvgIpc) is 3.11. The molecule has 2 aliphatic heterocycles. The molecule has 0 atom stereocenters. The predicted octanol–water partition coefficient (Wildman–Crippen LogP) is 2.24. The first-order chi connectivity index (χ1) is 16.6. The number of rotatable bonds is 9. The van der Waals surface area contributed by atoms with E-state index in [1.54, 1.807) is 44.6 Å². The molecule has 34 heavy (non-hydrogen) atoms. The van der Waals surface area contributed by atoms with Gasteiger partial charge >= 0.3 is 0 Å². The van der Waals surface area contributed by atoms with Gasteiger partial charge in [0.1, 0.15) is 22.9 Å². The fraction of sp³-hybridized carbons (Fsp3) is 0.360. The molecule has 180 valence electrons. The molecule has 2 aromatic rings. The van der Waals surface area contributed by atoms with Crippen LogP contribution in [0.2, 0.25) is 0 Å². The first-order valence-corrected chi connectivity index (χ1v) is 11.1. The Balaban J connectivity index is 1.71. The fourth-order valence-electron chi connectivity index (χ4n) is 4.11. The number of anilines is 1. The minimum Gasteiger partial charge on any atom is -0.497 e. The van der Waals surface area contributed by atoms with E-state index in [2.05, 4.69) is 10.2 Å². The van der Waals surface area contributed by atoms with Crippen LogP contribution in [-0.4, -0.2) is 82.3 Å². The van der Waals surface area contributed by atoms with Crippen LogP contribution in [0.15, 0.2) is 48.2 Å². The van der Waals surface area contributed by atoms with E-state index in [1.165, 1.54) is 12.0 Å². The lowest BCUT2D eigenvalue weighted by molar-refractivity contribution is -0.137. The predicted molar refractivity (Wildman–Crippen MR) is 127 cm³/mol. The minimum absolute atomic E-state index is 0.169. The van der Waals surface area contributed by atoms with E-state index >= 15 is 0 Å². The van der Waals surface area contributed by atoms with Gasteiger partial charge in [0, 0.05) is 37.8 Å². The molecule has 2 aliphatic rings. The number of morpholine rings is 1. The third kappa shape index (κ3) is 4.71. The Kier molecular flexibility index (Phi) is 7.34. The molecule has 0 bridgehead atoms. The van der Waals surface area contributed by atoms with Gasteiger partial charge in [0.05, 0.1) is 45.8 Å². The van der Waals surface area contributed by atoms with Crippen molar-refractivity contribution in [1.82, 2.24) is 9.80 Å². The topological polar surface area (TPSA) is 89.6 Å². The molecule has 4 rings (SSSR count). The highest BCUT2D eigenvalue weighted by Gasteiger charge is 2.40. The molecule has 0 spiro atoms. The zero-order valence-electron chi connectivity index (χ0n) is 19.6. The number of carbonyl (C=O) groups excluding carboxylic acids is 2. The molecule has 2 heterocycles. The Hall–Kier alpha value is -3.56. The summed E-state index contributed by atoms with van der Waals surface area (Å²) in [6.07, 6.45) is 0. The van der Waals surface area contributed by atoms with Crippen molar-refractivity contribution in [2.75, 3.05) is 66.0 Å². The maximum atomic E-state index is 13.6. The summed E-state index contributed by atoms with van der Waals surface area (Å²) in [5.41, 5.74) is 1.49. The molecule has 2 aromatic carbocycles. The summed E-state index contributed by atoms with van der Waals surface area (Å²) in [5.74, 6) is 0.838. The van der Waals surface area contributed by atoms with Gasteiger partial charge < -0.3 is 24.3 Å². The van der Waals surface area contributed by atoms with Crippen molar-refractivity contribution < 1.29 is 28.5 Å². The van der Waals surface area contributed by atoms with Crippen molar-refractivity contribution >= 4 is 23.1 Å². The van der Waals surface area contributed by atoms with Gasteiger partial charge in [-0.3, -0.25) is 19.4 Å². The third-order valence-corrected chi connectivity index (χ3v) is 5.95. The minimum atomic E-state index is -0.399. The zero-order chi connectivity index (χ0) is 24.1. The number of amides is 2. The first kappa shape index (κ1) is 23.6. The molecular formula is C25H29N3O6. The van der Waals surface area contributed by atoms with Gasteiger partial charge in [-0.25, -0.2) is 0 Å². The highest BCUT2D eigenvalue weighted by molar-refractivity contribution is 6.37. The summed E-state index contributed by atoms with van der Waals surface area (Å²) in [5, 5.41) is 3.16. The Morgan fingerprint density at radius 3 is 2.32 bits per heavy atom. The molecule has 2 amide bonds. The van der Waals surface area contributed by atoms with E-state index in [-0.39, 0.29) is 23.7 Å². The molecule has 9 nitrogen and oxygen atoms in total. The summed E-state index contributed by atoms with van der Waals surface area (Å²) in [7, 11) is 4.64. The number of methoxy groups -OCH3 is 3. The number of ether oxygens (including phenoxy) is 4. The van der Waals surface area contributed by atoms with Crippen LogP contribution in [0.1, 0.15) is 5.56 Å². The number of benzene rings is 2. The lowest BCUT2D eigenvalue weighted by Gasteiger charge is -2.28. The van der Waals surface area contributed by atoms with Crippen molar-refractivity contribution in [3.05, 3.63) is 53.7 Å². The summed E-state index contributed by atoms with van der Waals surface area (Å²) in [4.78, 5) is 30.6. The largest absolute Gasteiger partial charge is 0.497 e. The monoisotopic (exact) mass is 467 g/mol. The zero-order valence-corrected chi connectivity index (χ0v) is 19.6. The van der Waals surface area contributed by atoms with E-state index in [0.29, 0.717) is 48.3 Å². The molecule has 0 aliphatic carbocycles. The molecular weight excluding hydrogens is 438 g/mol. The van der Waals surface area contributed by atoms with Crippen LogP contribution in [-0.2, 0) is 14.3 Å². The summed E-state index contributed by atoms with van der Waals surface area (Å²) in [6.45, 7) is 3.70. The molecule has 0 unspecified atom stereocenters. The van der Waals surface area contributed by atoms with Crippen LogP contribution in [0.25, 0.3) is 5.57 Å². The van der Waals surface area contributed by atoms with Gasteiger partial charge in [-0.2, -0.15) is 0 Å². The van der Waals surface area contributed by atoms with Gasteiger partial charge in [-0.05, 0) is 18.2 Å². The van der Waals surface area contributed by atoms with Crippen molar-refractivity contribution in [2.24, 2.45) is 0 Å². The standard InChI is InChI=1S/C25H29N3O6/c1-31-17-8-9-21(33-3)19(16-17)26-23-22(18-6-4-5-7-20(18)32-2)24(29)28(25(23)30)11-10-27-12-14-34-15-13-27/h4-9,16,26H,10-15H2,1-3H3. The number of carbonyl (C=O) groups is 2. The van der Waals surface area contributed by atoms with E-state index in [9.17, 15) is 9.59 Å². The molecule has 1 fully saturated rings. The fourth-order valence-corrected chi connectivity index (χ4v) is 4.11. The molecule has 9 heteroatoms. The average molecular weight is 468 g/mol. The number of nitrogens with one attached hydrogen (secondary N) is 1. The Morgan fingerprint density at radius 2 is 1.62 bits per heavy atom. The first-order valence-electron chi connectivity index (χ1n) is 11.1. The van der Waals surface area contributed by atoms with E-state index in [4.69, 9.17) is 18.9 Å². The van der Waals surface area contributed by atoms with Crippen LogP contribution < -0.4 is 19.5 Å². The molecule has 0 aromatic heterocycles. The van der Waals surface area contributed by atoms with E-state index in [1.807, 2.05) is 12.1 Å². The van der Waals surface area contributed by atoms with Crippen LogP contribution in [0.4, 0.5) is 5.69 Å². The van der Waals surface area contributed by atoms with Gasteiger partial charge in [-0.1, -0.05) is 18.2 Å². The third-order valence-electron chi connectivity index (χ3n) is 5.95. The van der Waals surface area contributed by atoms with Gasteiger partial charge in [0.15, 0.2) is 0 Å². The maximum Gasteiger partial charge on any atom is 0.278 e. The van der Waals surface area contributed by atoms with Crippen molar-refractivity contribution in [1.29, 1.82) is 0 Å². The van der Waals surface area contributed by atoms with E-state index < -0.39 is 5.91 Å². The SMILES string of the molecule is COc1ccc(OC)c(NC2=C(c3ccccc3OC)C(=O)N(CCN3CCOCC3)C2=O)c1.